The van der Waals surface area contributed by atoms with Crippen molar-refractivity contribution >= 4 is 35.1 Å². The Hall–Kier alpha value is -2.72. The molecule has 4 heteroatoms. The van der Waals surface area contributed by atoms with Crippen molar-refractivity contribution in [3.63, 3.8) is 0 Å². The van der Waals surface area contributed by atoms with E-state index in [0.717, 1.165) is 17.1 Å². The summed E-state index contributed by atoms with van der Waals surface area (Å²) in [5, 5.41) is 10.1. The van der Waals surface area contributed by atoms with E-state index in [2.05, 4.69) is 55.1 Å². The minimum absolute atomic E-state index is 0.00644. The topological polar surface area (TPSA) is 40.5 Å². The molecular weight excluding hydrogens is 330 g/mol. The first-order chi connectivity index (χ1) is 12.1. The van der Waals surface area contributed by atoms with E-state index in [1.54, 1.807) is 23.9 Å². The molecule has 0 spiro atoms. The van der Waals surface area contributed by atoms with Gasteiger partial charge in [0, 0.05) is 21.5 Å². The maximum absolute atomic E-state index is 11.0. The van der Waals surface area contributed by atoms with Crippen LogP contribution in [-0.2, 0) is 0 Å². The molecule has 0 saturated heterocycles. The number of carbonyl (C=O) groups excluding carboxylic acids is 1. The van der Waals surface area contributed by atoms with Gasteiger partial charge in [-0.15, -0.1) is 0 Å². The van der Waals surface area contributed by atoms with Crippen molar-refractivity contribution in [3.8, 4) is 5.75 Å². The maximum Gasteiger partial charge on any atom is 0.153 e. The molecule has 0 saturated carbocycles. The Balaban J connectivity index is 1.95. The molecule has 0 bridgehead atoms. The lowest BCUT2D eigenvalue weighted by Crippen LogP contribution is -2.15. The highest BCUT2D eigenvalue weighted by Gasteiger charge is 2.25. The average Bonchev–Trinajstić information content (AvgIpc) is 2.59. The molecule has 25 heavy (non-hydrogen) atoms. The normalized spacial score (nSPS) is 12.5. The molecule has 1 N–H and O–H groups in total. The fraction of sp³-hybridized carbons (Fsp3) is 0.0952. The molecular formula is C21H17NO2S. The summed E-state index contributed by atoms with van der Waals surface area (Å²) in [6.45, 7) is 4.17. The lowest BCUT2D eigenvalue weighted by molar-refractivity contribution is 0.112. The highest BCUT2D eigenvalue weighted by Crippen LogP contribution is 2.52. The van der Waals surface area contributed by atoms with Crippen LogP contribution < -0.4 is 4.90 Å². The fourth-order valence-corrected chi connectivity index (χ4v) is 4.33. The number of carbonyl (C=O) groups is 1. The molecule has 0 unspecified atom stereocenters. The van der Waals surface area contributed by atoms with E-state index in [-0.39, 0.29) is 5.75 Å². The van der Waals surface area contributed by atoms with E-state index >= 15 is 0 Å². The van der Waals surface area contributed by atoms with Gasteiger partial charge in [0.1, 0.15) is 5.75 Å². The number of hydrogen-bond acceptors (Lipinski definition) is 4. The van der Waals surface area contributed by atoms with Crippen LogP contribution in [0.3, 0.4) is 0 Å². The van der Waals surface area contributed by atoms with E-state index < -0.39 is 0 Å². The van der Waals surface area contributed by atoms with Crippen LogP contribution in [0.5, 0.6) is 5.75 Å². The summed E-state index contributed by atoms with van der Waals surface area (Å²) in [6, 6.07) is 17.9. The molecule has 4 rings (SSSR count). The van der Waals surface area contributed by atoms with Gasteiger partial charge < -0.3 is 10.0 Å². The summed E-state index contributed by atoms with van der Waals surface area (Å²) in [6.07, 6.45) is 0.666. The van der Waals surface area contributed by atoms with Crippen LogP contribution in [0.15, 0.2) is 64.4 Å². The van der Waals surface area contributed by atoms with Gasteiger partial charge in [-0.3, -0.25) is 4.79 Å². The number of rotatable bonds is 2. The van der Waals surface area contributed by atoms with Crippen molar-refractivity contribution in [2.24, 2.45) is 0 Å². The number of aromatic hydroxyl groups is 1. The van der Waals surface area contributed by atoms with Crippen molar-refractivity contribution < 1.29 is 9.90 Å². The fourth-order valence-electron chi connectivity index (χ4n) is 3.07. The first kappa shape index (κ1) is 15.8. The van der Waals surface area contributed by atoms with Crippen molar-refractivity contribution in [1.82, 2.24) is 0 Å². The van der Waals surface area contributed by atoms with E-state index in [4.69, 9.17) is 0 Å². The van der Waals surface area contributed by atoms with Crippen LogP contribution in [0.1, 0.15) is 21.5 Å². The van der Waals surface area contributed by atoms with Crippen LogP contribution in [-0.4, -0.2) is 11.4 Å². The monoisotopic (exact) mass is 347 g/mol. The van der Waals surface area contributed by atoms with Crippen molar-refractivity contribution in [3.05, 3.63) is 71.3 Å². The van der Waals surface area contributed by atoms with Crippen LogP contribution in [0.2, 0.25) is 0 Å². The Kier molecular flexibility index (Phi) is 3.77. The van der Waals surface area contributed by atoms with Crippen LogP contribution in [0.4, 0.5) is 17.1 Å². The van der Waals surface area contributed by atoms with Crippen LogP contribution in [0, 0.1) is 13.8 Å². The number of phenols is 1. The average molecular weight is 347 g/mol. The second kappa shape index (κ2) is 5.97. The van der Waals surface area contributed by atoms with Gasteiger partial charge >= 0.3 is 0 Å². The summed E-state index contributed by atoms with van der Waals surface area (Å²) in [7, 11) is 0. The number of phenolic OH excluding ortho intramolecular Hbond substituents is 1. The number of aldehydes is 1. The minimum Gasteiger partial charge on any atom is -0.507 e. The Bertz CT molecular complexity index is 946. The predicted octanol–water partition coefficient (Wildman–Crippen LogP) is 5.76. The summed E-state index contributed by atoms with van der Waals surface area (Å²) in [4.78, 5) is 15.5. The number of benzene rings is 3. The van der Waals surface area contributed by atoms with E-state index in [1.807, 2.05) is 6.07 Å². The Labute approximate surface area is 150 Å². The Morgan fingerprint density at radius 3 is 2.00 bits per heavy atom. The molecule has 0 amide bonds. The molecule has 124 valence electrons. The van der Waals surface area contributed by atoms with Gasteiger partial charge in [0.15, 0.2) is 6.29 Å². The molecule has 3 aromatic rings. The third-order valence-electron chi connectivity index (χ3n) is 4.33. The summed E-state index contributed by atoms with van der Waals surface area (Å²) in [5.74, 6) is -0.00644. The van der Waals surface area contributed by atoms with Gasteiger partial charge in [0.25, 0.3) is 0 Å². The lowest BCUT2D eigenvalue weighted by atomic mass is 10.1. The first-order valence-electron chi connectivity index (χ1n) is 8.04. The molecule has 0 aromatic heterocycles. The van der Waals surface area contributed by atoms with Gasteiger partial charge in [0.2, 0.25) is 0 Å². The molecule has 1 aliphatic rings. The standard InChI is InChI=1S/C21H17NO2S/c1-13-3-7-17-20(9-13)25-21-10-14(2)4-8-18(21)22(17)16-6-5-15(12-23)19(24)11-16/h3-12,24H,1-2H3. The first-order valence-corrected chi connectivity index (χ1v) is 8.86. The second-order valence-corrected chi connectivity index (χ2v) is 7.32. The molecule has 1 aliphatic heterocycles. The van der Waals surface area contributed by atoms with E-state index in [1.165, 1.54) is 20.9 Å². The van der Waals surface area contributed by atoms with Gasteiger partial charge in [-0.25, -0.2) is 0 Å². The smallest absolute Gasteiger partial charge is 0.153 e. The number of hydrogen-bond donors (Lipinski definition) is 1. The van der Waals surface area contributed by atoms with Crippen LogP contribution in [0.25, 0.3) is 0 Å². The molecule has 0 atom stereocenters. The predicted molar refractivity (Wildman–Crippen MR) is 102 cm³/mol. The highest BCUT2D eigenvalue weighted by molar-refractivity contribution is 7.99. The van der Waals surface area contributed by atoms with Crippen molar-refractivity contribution in [2.45, 2.75) is 23.6 Å². The molecule has 3 nitrogen and oxygen atoms in total. The largest absolute Gasteiger partial charge is 0.507 e. The minimum atomic E-state index is -0.00644. The summed E-state index contributed by atoms with van der Waals surface area (Å²) >= 11 is 1.76. The quantitative estimate of drug-likeness (QED) is 0.468. The van der Waals surface area contributed by atoms with Gasteiger partial charge in [-0.2, -0.15) is 0 Å². The third kappa shape index (κ3) is 2.68. The summed E-state index contributed by atoms with van der Waals surface area (Å²) < 4.78 is 0. The van der Waals surface area contributed by atoms with E-state index in [0.29, 0.717) is 11.8 Å². The second-order valence-electron chi connectivity index (χ2n) is 6.24. The van der Waals surface area contributed by atoms with Gasteiger partial charge in [0.05, 0.1) is 16.9 Å². The van der Waals surface area contributed by atoms with E-state index in [9.17, 15) is 9.90 Å². The number of nitrogens with zero attached hydrogens (tertiary/aromatic N) is 1. The molecule has 0 fully saturated rings. The highest BCUT2D eigenvalue weighted by atomic mass is 32.2. The Morgan fingerprint density at radius 1 is 0.880 bits per heavy atom. The zero-order valence-electron chi connectivity index (χ0n) is 14.0. The van der Waals surface area contributed by atoms with Crippen molar-refractivity contribution in [2.75, 3.05) is 4.90 Å². The zero-order valence-corrected chi connectivity index (χ0v) is 14.8. The summed E-state index contributed by atoms with van der Waals surface area (Å²) in [5.41, 5.74) is 5.69. The lowest BCUT2D eigenvalue weighted by Gasteiger charge is -2.33. The van der Waals surface area contributed by atoms with Gasteiger partial charge in [-0.05, 0) is 61.4 Å². The maximum atomic E-state index is 11.0. The number of fused-ring (bicyclic) bond motifs is 2. The number of aryl methyl sites for hydroxylation is 2. The van der Waals surface area contributed by atoms with Crippen molar-refractivity contribution in [1.29, 1.82) is 0 Å². The molecule has 1 heterocycles. The number of anilines is 3. The molecule has 0 aliphatic carbocycles. The zero-order chi connectivity index (χ0) is 17.6. The molecule has 3 aromatic carbocycles. The third-order valence-corrected chi connectivity index (χ3v) is 5.43. The van der Waals surface area contributed by atoms with Gasteiger partial charge in [-0.1, -0.05) is 23.9 Å². The van der Waals surface area contributed by atoms with Crippen LogP contribution >= 0.6 is 11.8 Å². The Morgan fingerprint density at radius 2 is 1.48 bits per heavy atom. The SMILES string of the molecule is Cc1ccc2c(c1)Sc1cc(C)ccc1N2c1ccc(C=O)c(O)c1. The molecule has 0 radical (unpaired) electrons.